The number of sulfone groups is 1. The highest BCUT2D eigenvalue weighted by atomic mass is 32.2. The molecule has 0 aliphatic carbocycles. The van der Waals surface area contributed by atoms with Gasteiger partial charge in [-0.2, -0.15) is 24.9 Å². The van der Waals surface area contributed by atoms with Crippen molar-refractivity contribution in [2.24, 2.45) is 11.7 Å². The first-order chi connectivity index (χ1) is 21.1. The van der Waals surface area contributed by atoms with Crippen LogP contribution in [0, 0.1) is 5.92 Å². The minimum Gasteiger partial charge on any atom is -0.320 e. The smallest absolute Gasteiger partial charge is 0.320 e. The molecule has 0 aliphatic heterocycles. The van der Waals surface area contributed by atoms with Crippen LogP contribution in [0.1, 0.15) is 43.9 Å². The zero-order valence-electron chi connectivity index (χ0n) is 25.8. The van der Waals surface area contributed by atoms with Gasteiger partial charge in [-0.3, -0.25) is 19.8 Å². The van der Waals surface area contributed by atoms with E-state index in [0.29, 0.717) is 28.9 Å². The Morgan fingerprint density at radius 1 is 0.911 bits per heavy atom. The Kier molecular flexibility index (Phi) is 12.8. The molecule has 3 atom stereocenters. The molecule has 45 heavy (non-hydrogen) atoms. The van der Waals surface area contributed by atoms with Gasteiger partial charge >= 0.3 is 6.18 Å². The molecule has 0 saturated heterocycles. The second-order valence-corrected chi connectivity index (χ2v) is 14.4. The van der Waals surface area contributed by atoms with Crippen LogP contribution < -0.4 is 11.1 Å². The quantitative estimate of drug-likeness (QED) is 0.218. The number of halogens is 3. The van der Waals surface area contributed by atoms with E-state index in [4.69, 9.17) is 5.73 Å². The summed E-state index contributed by atoms with van der Waals surface area (Å²) in [5.41, 5.74) is 7.92. The molecule has 0 bridgehead atoms. The Morgan fingerprint density at radius 2 is 1.47 bits per heavy atom. The van der Waals surface area contributed by atoms with E-state index in [9.17, 15) is 31.2 Å². The van der Waals surface area contributed by atoms with Gasteiger partial charge in [0.15, 0.2) is 9.84 Å². The summed E-state index contributed by atoms with van der Waals surface area (Å²) in [6.45, 7) is 3.47. The van der Waals surface area contributed by atoms with E-state index in [1.165, 1.54) is 48.2 Å². The van der Waals surface area contributed by atoms with Gasteiger partial charge < -0.3 is 5.73 Å². The molecule has 0 aromatic heterocycles. The first-order valence-corrected chi connectivity index (χ1v) is 17.8. The summed E-state index contributed by atoms with van der Waals surface area (Å²) in [6, 6.07) is 16.0. The molecular formula is C33H40F3N3O4S2. The van der Waals surface area contributed by atoms with Gasteiger partial charge in [0.25, 0.3) is 0 Å². The molecule has 7 nitrogen and oxygen atoms in total. The van der Waals surface area contributed by atoms with Crippen LogP contribution in [0.25, 0.3) is 11.1 Å². The molecule has 0 aliphatic rings. The molecule has 2 amide bonds. The number of amides is 2. The van der Waals surface area contributed by atoms with Crippen LogP contribution in [0.4, 0.5) is 13.2 Å². The van der Waals surface area contributed by atoms with Crippen molar-refractivity contribution in [3.8, 4) is 11.1 Å². The summed E-state index contributed by atoms with van der Waals surface area (Å²) in [5, 5.41) is 2.55. The van der Waals surface area contributed by atoms with E-state index < -0.39 is 46.0 Å². The van der Waals surface area contributed by atoms with Crippen molar-refractivity contribution in [3.05, 3.63) is 90.0 Å². The number of nitrogens with zero attached hydrogens (tertiary/aromatic N) is 1. The van der Waals surface area contributed by atoms with Gasteiger partial charge in [-0.05, 0) is 65.2 Å². The minimum atomic E-state index is -4.77. The molecule has 0 radical (unpaired) electrons. The Bertz CT molecular complexity index is 1520. The lowest BCUT2D eigenvalue weighted by Crippen LogP contribution is -2.55. The molecule has 0 heterocycles. The fraction of sp³-hybridized carbons (Fsp3) is 0.394. The van der Waals surface area contributed by atoms with Crippen molar-refractivity contribution in [1.82, 2.24) is 10.2 Å². The monoisotopic (exact) mass is 663 g/mol. The molecule has 0 saturated carbocycles. The largest absolute Gasteiger partial charge is 0.407 e. The number of carbonyl (C=O) groups excluding carboxylic acids is 2. The number of nitrogens with two attached hydrogens (primary N) is 1. The number of thioether (sulfide) groups is 1. The molecule has 244 valence electrons. The van der Waals surface area contributed by atoms with Gasteiger partial charge in [-0.1, -0.05) is 80.6 Å². The van der Waals surface area contributed by atoms with Gasteiger partial charge in [0.2, 0.25) is 11.8 Å². The predicted molar refractivity (Wildman–Crippen MR) is 173 cm³/mol. The van der Waals surface area contributed by atoms with Crippen LogP contribution in [-0.2, 0) is 26.0 Å². The van der Waals surface area contributed by atoms with Crippen molar-refractivity contribution in [2.45, 2.75) is 62.4 Å². The van der Waals surface area contributed by atoms with Crippen LogP contribution in [-0.4, -0.2) is 61.7 Å². The third-order valence-electron chi connectivity index (χ3n) is 7.23. The average molecular weight is 664 g/mol. The molecule has 3 N–H and O–H groups in total. The van der Waals surface area contributed by atoms with Gasteiger partial charge in [-0.15, -0.1) is 0 Å². The lowest BCUT2D eigenvalue weighted by atomic mass is 9.97. The van der Waals surface area contributed by atoms with Crippen molar-refractivity contribution >= 4 is 33.4 Å². The normalized spacial score (nSPS) is 14.2. The van der Waals surface area contributed by atoms with Crippen molar-refractivity contribution < 1.29 is 31.2 Å². The number of alkyl halides is 3. The van der Waals surface area contributed by atoms with Gasteiger partial charge in [0, 0.05) is 6.26 Å². The molecule has 0 fully saturated rings. The maximum absolute atomic E-state index is 14.6. The molecule has 12 heteroatoms. The number of hydrogen-bond acceptors (Lipinski definition) is 7. The van der Waals surface area contributed by atoms with E-state index in [1.54, 1.807) is 56.3 Å². The zero-order valence-corrected chi connectivity index (χ0v) is 27.4. The van der Waals surface area contributed by atoms with E-state index >= 15 is 0 Å². The van der Waals surface area contributed by atoms with Crippen molar-refractivity contribution in [2.75, 3.05) is 18.3 Å². The Balaban J connectivity index is 1.95. The highest BCUT2D eigenvalue weighted by molar-refractivity contribution is 7.98. The topological polar surface area (TPSA) is 110 Å². The third-order valence-corrected chi connectivity index (χ3v) is 9.00. The summed E-state index contributed by atoms with van der Waals surface area (Å²) in [4.78, 5) is 28.6. The second kappa shape index (κ2) is 15.9. The van der Waals surface area contributed by atoms with E-state index in [2.05, 4.69) is 5.32 Å². The number of carbonyl (C=O) groups is 2. The highest BCUT2D eigenvalue weighted by Gasteiger charge is 2.44. The van der Waals surface area contributed by atoms with Gasteiger partial charge in [0.05, 0.1) is 23.5 Å². The van der Waals surface area contributed by atoms with Crippen LogP contribution in [0.2, 0.25) is 0 Å². The summed E-state index contributed by atoms with van der Waals surface area (Å²) < 4.78 is 67.3. The standard InChI is InChI=1S/C33H40F3N3O4S2/c1-22(2)20-29(32(41)39(21-23-8-6-5-7-9-23)31(40)28(37)18-19-44-3)38-30(33(34,35)36)26-12-10-24(11-13-26)25-14-16-27(17-15-25)45(4,42)43/h5-17,22,28-30,38H,18-21,37H2,1-4H3/t28-,29-,30-/m0/s1. The fourth-order valence-corrected chi connectivity index (χ4v) is 5.96. The number of benzene rings is 3. The number of rotatable bonds is 14. The first-order valence-electron chi connectivity index (χ1n) is 14.5. The van der Waals surface area contributed by atoms with Gasteiger partial charge in [-0.25, -0.2) is 8.42 Å². The lowest BCUT2D eigenvalue weighted by Gasteiger charge is -2.32. The molecule has 0 unspecified atom stereocenters. The SMILES string of the molecule is CSCC[C@H](N)C(=O)N(Cc1ccccc1)C(=O)[C@H](CC(C)C)N[C@@H](c1ccc(-c2ccc(S(C)(=O)=O)cc2)cc1)C(F)(F)F. The summed E-state index contributed by atoms with van der Waals surface area (Å²) in [5.74, 6) is -0.990. The minimum absolute atomic E-state index is 0.0504. The van der Waals surface area contributed by atoms with Crippen LogP contribution in [0.5, 0.6) is 0 Å². The van der Waals surface area contributed by atoms with E-state index in [-0.39, 0.29) is 29.3 Å². The molecule has 3 rings (SSSR count). The number of nitrogens with one attached hydrogen (secondary N) is 1. The second-order valence-electron chi connectivity index (χ2n) is 11.4. The third kappa shape index (κ3) is 10.4. The maximum atomic E-state index is 14.6. The van der Waals surface area contributed by atoms with Crippen LogP contribution in [0.15, 0.2) is 83.8 Å². The van der Waals surface area contributed by atoms with E-state index in [0.717, 1.165) is 11.2 Å². The Hall–Kier alpha value is -3.19. The first kappa shape index (κ1) is 36.3. The fourth-order valence-electron chi connectivity index (χ4n) is 4.84. The molecule has 0 spiro atoms. The van der Waals surface area contributed by atoms with Crippen molar-refractivity contribution in [3.63, 3.8) is 0 Å². The Morgan fingerprint density at radius 3 is 1.96 bits per heavy atom. The van der Waals surface area contributed by atoms with Gasteiger partial charge in [0.1, 0.15) is 6.04 Å². The molecular weight excluding hydrogens is 624 g/mol. The van der Waals surface area contributed by atoms with E-state index in [1.807, 2.05) is 6.26 Å². The molecule has 3 aromatic rings. The summed E-state index contributed by atoms with van der Waals surface area (Å²) >= 11 is 1.50. The number of imide groups is 1. The lowest BCUT2D eigenvalue weighted by molar-refractivity contribution is -0.163. The van der Waals surface area contributed by atoms with Crippen LogP contribution in [0.3, 0.4) is 0 Å². The van der Waals surface area contributed by atoms with Crippen LogP contribution >= 0.6 is 11.8 Å². The highest BCUT2D eigenvalue weighted by Crippen LogP contribution is 2.35. The average Bonchev–Trinajstić information content (AvgIpc) is 2.99. The molecule has 3 aromatic carbocycles. The zero-order chi connectivity index (χ0) is 33.4. The van der Waals surface area contributed by atoms with Crippen molar-refractivity contribution in [1.29, 1.82) is 0 Å². The Labute approximate surface area is 267 Å². The maximum Gasteiger partial charge on any atom is 0.407 e. The summed E-state index contributed by atoms with van der Waals surface area (Å²) in [7, 11) is -3.40. The summed E-state index contributed by atoms with van der Waals surface area (Å²) in [6.07, 6.45) is -1.44. The number of hydrogen-bond donors (Lipinski definition) is 2. The predicted octanol–water partition coefficient (Wildman–Crippen LogP) is 6.00.